The van der Waals surface area contributed by atoms with Gasteiger partial charge in [-0.2, -0.15) is 0 Å². The lowest BCUT2D eigenvalue weighted by atomic mass is 10.0. The maximum atomic E-state index is 12.3. The molecule has 0 aliphatic rings. The normalized spacial score (nSPS) is 13.1. The van der Waals surface area contributed by atoms with Crippen LogP contribution in [0.15, 0.2) is 53.4 Å². The molecule has 5 heteroatoms. The number of hydrogen-bond donors (Lipinski definition) is 1. The van der Waals surface area contributed by atoms with Gasteiger partial charge in [-0.25, -0.2) is 13.1 Å². The molecule has 0 heterocycles. The van der Waals surface area contributed by atoms with Crippen molar-refractivity contribution in [2.75, 3.05) is 6.54 Å². The van der Waals surface area contributed by atoms with Gasteiger partial charge >= 0.3 is 0 Å². The number of rotatable bonds is 5. The average molecular weight is 324 g/mol. The summed E-state index contributed by atoms with van der Waals surface area (Å²) in [6.45, 7) is 4.18. The SMILES string of the molecule is Cc1ccc(S(=O)(=O)NCC(C)c2ccccc2)c(Cl)c1. The van der Waals surface area contributed by atoms with Gasteiger partial charge in [0, 0.05) is 6.54 Å². The summed E-state index contributed by atoms with van der Waals surface area (Å²) in [6.07, 6.45) is 0. The summed E-state index contributed by atoms with van der Waals surface area (Å²) in [7, 11) is -3.59. The molecule has 2 aromatic carbocycles. The van der Waals surface area contributed by atoms with E-state index < -0.39 is 10.0 Å². The second-order valence-electron chi connectivity index (χ2n) is 5.10. The maximum absolute atomic E-state index is 12.3. The average Bonchev–Trinajstić information content (AvgIpc) is 2.45. The summed E-state index contributed by atoms with van der Waals surface area (Å²) in [5.74, 6) is 0.0881. The Labute approximate surface area is 131 Å². The Kier molecular flexibility index (Phi) is 5.04. The van der Waals surface area contributed by atoms with Gasteiger partial charge in [0.25, 0.3) is 0 Å². The largest absolute Gasteiger partial charge is 0.242 e. The Morgan fingerprint density at radius 3 is 2.43 bits per heavy atom. The molecule has 1 atom stereocenters. The standard InChI is InChI=1S/C16H18ClNO2S/c1-12-8-9-16(15(17)10-12)21(19,20)18-11-13(2)14-6-4-3-5-7-14/h3-10,13,18H,11H2,1-2H3. The van der Waals surface area contributed by atoms with Gasteiger partial charge in [0.15, 0.2) is 0 Å². The van der Waals surface area contributed by atoms with E-state index in [2.05, 4.69) is 4.72 Å². The van der Waals surface area contributed by atoms with Crippen LogP contribution in [-0.4, -0.2) is 15.0 Å². The lowest BCUT2D eigenvalue weighted by molar-refractivity contribution is 0.575. The topological polar surface area (TPSA) is 46.2 Å². The predicted octanol–water partition coefficient (Wildman–Crippen LogP) is 3.73. The molecule has 0 saturated carbocycles. The van der Waals surface area contributed by atoms with Gasteiger partial charge in [-0.1, -0.05) is 54.9 Å². The van der Waals surface area contributed by atoms with Crippen molar-refractivity contribution in [3.8, 4) is 0 Å². The van der Waals surface area contributed by atoms with E-state index in [9.17, 15) is 8.42 Å². The number of nitrogens with one attached hydrogen (secondary N) is 1. The van der Waals surface area contributed by atoms with Gasteiger partial charge in [0.05, 0.1) is 5.02 Å². The van der Waals surface area contributed by atoms with Gasteiger partial charge in [-0.05, 0) is 36.1 Å². The molecule has 0 fully saturated rings. The lowest BCUT2D eigenvalue weighted by Crippen LogP contribution is -2.28. The number of hydrogen-bond acceptors (Lipinski definition) is 2. The molecule has 3 nitrogen and oxygen atoms in total. The Hall–Kier alpha value is -1.36. The van der Waals surface area contributed by atoms with Gasteiger partial charge < -0.3 is 0 Å². The third-order valence-corrected chi connectivity index (χ3v) is 5.23. The van der Waals surface area contributed by atoms with Crippen LogP contribution >= 0.6 is 11.6 Å². The van der Waals surface area contributed by atoms with Gasteiger partial charge in [0.2, 0.25) is 10.0 Å². The zero-order valence-electron chi connectivity index (χ0n) is 12.0. The minimum Gasteiger partial charge on any atom is -0.211 e. The van der Waals surface area contributed by atoms with Crippen molar-refractivity contribution < 1.29 is 8.42 Å². The summed E-state index contributed by atoms with van der Waals surface area (Å²) in [4.78, 5) is 0.120. The summed E-state index contributed by atoms with van der Waals surface area (Å²) in [6, 6.07) is 14.7. The van der Waals surface area contributed by atoms with E-state index in [1.165, 1.54) is 6.07 Å². The molecule has 0 saturated heterocycles. The number of halogens is 1. The second kappa shape index (κ2) is 6.60. The van der Waals surface area contributed by atoms with Crippen LogP contribution in [0.5, 0.6) is 0 Å². The summed E-state index contributed by atoms with van der Waals surface area (Å²) in [5, 5.41) is 0.245. The van der Waals surface area contributed by atoms with E-state index >= 15 is 0 Å². The molecule has 112 valence electrons. The van der Waals surface area contributed by atoms with Crippen LogP contribution in [0.4, 0.5) is 0 Å². The smallest absolute Gasteiger partial charge is 0.211 e. The minimum atomic E-state index is -3.59. The summed E-state index contributed by atoms with van der Waals surface area (Å²) >= 11 is 6.03. The summed E-state index contributed by atoms with van der Waals surface area (Å²) < 4.78 is 27.2. The molecule has 0 spiro atoms. The van der Waals surface area contributed by atoms with E-state index in [4.69, 9.17) is 11.6 Å². The quantitative estimate of drug-likeness (QED) is 0.911. The van der Waals surface area contributed by atoms with Crippen LogP contribution in [0, 0.1) is 6.92 Å². The fourth-order valence-corrected chi connectivity index (χ4v) is 3.76. The molecule has 0 radical (unpaired) electrons. The highest BCUT2D eigenvalue weighted by Gasteiger charge is 2.18. The Balaban J connectivity index is 2.11. The maximum Gasteiger partial charge on any atom is 0.242 e. The molecule has 0 aliphatic heterocycles. The fraction of sp³-hybridized carbons (Fsp3) is 0.250. The first-order chi connectivity index (χ1) is 9.90. The third kappa shape index (κ3) is 4.06. The zero-order chi connectivity index (χ0) is 15.5. The predicted molar refractivity (Wildman–Crippen MR) is 86.2 cm³/mol. The van der Waals surface area contributed by atoms with Crippen LogP contribution in [-0.2, 0) is 10.0 Å². The van der Waals surface area contributed by atoms with Gasteiger partial charge in [-0.15, -0.1) is 0 Å². The van der Waals surface area contributed by atoms with Crippen LogP contribution in [0.2, 0.25) is 5.02 Å². The van der Waals surface area contributed by atoms with Crippen molar-refractivity contribution in [3.63, 3.8) is 0 Å². The van der Waals surface area contributed by atoms with Crippen molar-refractivity contribution in [1.29, 1.82) is 0 Å². The second-order valence-corrected chi connectivity index (χ2v) is 7.24. The van der Waals surface area contributed by atoms with Gasteiger partial charge in [0.1, 0.15) is 4.90 Å². The molecule has 2 aromatic rings. The van der Waals surface area contributed by atoms with Crippen LogP contribution < -0.4 is 4.72 Å². The highest BCUT2D eigenvalue weighted by molar-refractivity contribution is 7.89. The van der Waals surface area contributed by atoms with Crippen molar-refractivity contribution >= 4 is 21.6 Å². The van der Waals surface area contributed by atoms with Crippen molar-refractivity contribution in [1.82, 2.24) is 4.72 Å². The lowest BCUT2D eigenvalue weighted by Gasteiger charge is -2.14. The van der Waals surface area contributed by atoms with Crippen LogP contribution in [0.1, 0.15) is 24.0 Å². The van der Waals surface area contributed by atoms with Gasteiger partial charge in [-0.3, -0.25) is 0 Å². The first-order valence-corrected chi connectivity index (χ1v) is 8.57. The molecule has 0 aliphatic carbocycles. The van der Waals surface area contributed by atoms with Crippen molar-refractivity contribution in [2.45, 2.75) is 24.7 Å². The Morgan fingerprint density at radius 1 is 1.14 bits per heavy atom. The highest BCUT2D eigenvalue weighted by atomic mass is 35.5. The third-order valence-electron chi connectivity index (χ3n) is 3.33. The molecule has 0 aromatic heterocycles. The number of sulfonamides is 1. The molecular weight excluding hydrogens is 306 g/mol. The van der Waals surface area contributed by atoms with E-state index in [0.717, 1.165) is 11.1 Å². The molecular formula is C16H18ClNO2S. The van der Waals surface area contributed by atoms with E-state index in [0.29, 0.717) is 6.54 Å². The molecule has 1 N–H and O–H groups in total. The zero-order valence-corrected chi connectivity index (χ0v) is 13.6. The Morgan fingerprint density at radius 2 is 1.81 bits per heavy atom. The highest BCUT2D eigenvalue weighted by Crippen LogP contribution is 2.23. The summed E-state index contributed by atoms with van der Waals surface area (Å²) in [5.41, 5.74) is 2.02. The van der Waals surface area contributed by atoms with Crippen LogP contribution in [0.25, 0.3) is 0 Å². The first-order valence-electron chi connectivity index (χ1n) is 6.71. The van der Waals surface area contributed by atoms with E-state index in [1.807, 2.05) is 44.2 Å². The van der Waals surface area contributed by atoms with Crippen LogP contribution in [0.3, 0.4) is 0 Å². The van der Waals surface area contributed by atoms with Crippen molar-refractivity contribution in [2.24, 2.45) is 0 Å². The monoisotopic (exact) mass is 323 g/mol. The van der Waals surface area contributed by atoms with E-state index in [1.54, 1.807) is 12.1 Å². The molecule has 0 bridgehead atoms. The molecule has 2 rings (SSSR count). The van der Waals surface area contributed by atoms with E-state index in [-0.39, 0.29) is 15.8 Å². The number of benzene rings is 2. The van der Waals surface area contributed by atoms with Crippen molar-refractivity contribution in [3.05, 3.63) is 64.7 Å². The first kappa shape index (κ1) is 16.0. The fourth-order valence-electron chi connectivity index (χ4n) is 2.04. The molecule has 1 unspecified atom stereocenters. The minimum absolute atomic E-state index is 0.0881. The Bertz CT molecular complexity index is 714. The number of aryl methyl sites for hydroxylation is 1. The molecule has 0 amide bonds. The molecule has 21 heavy (non-hydrogen) atoms.